The summed E-state index contributed by atoms with van der Waals surface area (Å²) in [6.45, 7) is 11.0. The number of nitrogens with one attached hydrogen (secondary N) is 1. The zero-order chi connectivity index (χ0) is 19.2. The third-order valence-corrected chi connectivity index (χ3v) is 4.72. The summed E-state index contributed by atoms with van der Waals surface area (Å²) in [5.74, 6) is 2.15. The second-order valence-electron chi connectivity index (χ2n) is 7.45. The monoisotopic (exact) mass is 368 g/mol. The Kier molecular flexibility index (Phi) is 6.43. The molecule has 0 spiro atoms. The highest BCUT2D eigenvalue weighted by Gasteiger charge is 2.14. The topological polar surface area (TPSA) is 77.3 Å². The third-order valence-electron chi connectivity index (χ3n) is 4.72. The van der Waals surface area contributed by atoms with Crippen LogP contribution >= 0.6 is 0 Å². The van der Waals surface area contributed by atoms with E-state index in [1.807, 2.05) is 24.3 Å². The summed E-state index contributed by atoms with van der Waals surface area (Å²) in [6.07, 6.45) is 0. The summed E-state index contributed by atoms with van der Waals surface area (Å²) >= 11 is 0. The molecule has 1 saturated heterocycles. The van der Waals surface area contributed by atoms with Gasteiger partial charge in [0.05, 0.1) is 5.52 Å². The van der Waals surface area contributed by atoms with Crippen LogP contribution in [0.5, 0.6) is 5.75 Å². The summed E-state index contributed by atoms with van der Waals surface area (Å²) in [5, 5.41) is 13.4. The van der Waals surface area contributed by atoms with Gasteiger partial charge in [-0.05, 0) is 31.2 Å². The molecule has 27 heavy (non-hydrogen) atoms. The van der Waals surface area contributed by atoms with Crippen LogP contribution in [-0.4, -0.2) is 72.7 Å². The van der Waals surface area contributed by atoms with Crippen LogP contribution in [0.4, 0.5) is 5.82 Å². The fraction of sp³-hybridized carbons (Fsp3) is 0.550. The number of fused-ring (bicyclic) bond motifs is 1. The summed E-state index contributed by atoms with van der Waals surface area (Å²) in [5.41, 5.74) is 0.749. The smallest absolute Gasteiger partial charge is 0.234 e. The standard InChI is InChI=1S/C20H28N6O/c1-15(2)14-22-20-17-12-16(4-5-18(17)23-19(13-21)24-20)27-11-10-26-8-6-25(3)7-9-26/h4-5,12,15H,6-11,14H2,1-3H3,(H,22,23,24). The molecule has 2 aromatic rings. The Bertz CT molecular complexity index is 808. The molecule has 7 heteroatoms. The van der Waals surface area contributed by atoms with Gasteiger partial charge in [-0.2, -0.15) is 5.26 Å². The van der Waals surface area contributed by atoms with Gasteiger partial charge in [0.1, 0.15) is 24.2 Å². The van der Waals surface area contributed by atoms with Crippen molar-refractivity contribution >= 4 is 16.7 Å². The summed E-state index contributed by atoms with van der Waals surface area (Å²) in [4.78, 5) is 13.4. The summed E-state index contributed by atoms with van der Waals surface area (Å²) < 4.78 is 5.98. The van der Waals surface area contributed by atoms with E-state index in [4.69, 9.17) is 4.74 Å². The van der Waals surface area contributed by atoms with Gasteiger partial charge in [-0.25, -0.2) is 9.97 Å². The number of piperazine rings is 1. The SMILES string of the molecule is CC(C)CNc1nc(C#N)nc2ccc(OCCN3CCN(C)CC3)cc12. The lowest BCUT2D eigenvalue weighted by atomic mass is 10.2. The Morgan fingerprint density at radius 2 is 2.00 bits per heavy atom. The van der Waals surface area contributed by atoms with Gasteiger partial charge in [-0.3, -0.25) is 4.90 Å². The number of hydrogen-bond acceptors (Lipinski definition) is 7. The minimum Gasteiger partial charge on any atom is -0.492 e. The Morgan fingerprint density at radius 3 is 2.70 bits per heavy atom. The summed E-state index contributed by atoms with van der Waals surface area (Å²) in [6, 6.07) is 7.80. The second kappa shape index (κ2) is 8.98. The lowest BCUT2D eigenvalue weighted by Gasteiger charge is -2.32. The summed E-state index contributed by atoms with van der Waals surface area (Å²) in [7, 11) is 2.16. The van der Waals surface area contributed by atoms with Crippen LogP contribution in [0.3, 0.4) is 0 Å². The van der Waals surface area contributed by atoms with E-state index in [-0.39, 0.29) is 5.82 Å². The van der Waals surface area contributed by atoms with E-state index in [2.05, 4.69) is 46.0 Å². The van der Waals surface area contributed by atoms with Gasteiger partial charge >= 0.3 is 0 Å². The van der Waals surface area contributed by atoms with E-state index in [0.717, 1.165) is 55.9 Å². The third kappa shape index (κ3) is 5.28. The van der Waals surface area contributed by atoms with Crippen LogP contribution in [0.25, 0.3) is 10.9 Å². The molecular formula is C20H28N6O. The van der Waals surface area contributed by atoms with Crippen molar-refractivity contribution in [3.63, 3.8) is 0 Å². The Labute approximate surface area is 161 Å². The highest BCUT2D eigenvalue weighted by molar-refractivity contribution is 5.90. The molecule has 144 valence electrons. The molecule has 0 amide bonds. The largest absolute Gasteiger partial charge is 0.492 e. The maximum absolute atomic E-state index is 9.17. The predicted molar refractivity (Wildman–Crippen MR) is 107 cm³/mol. The number of nitrogens with zero attached hydrogens (tertiary/aromatic N) is 5. The van der Waals surface area contributed by atoms with E-state index in [1.165, 1.54) is 0 Å². The van der Waals surface area contributed by atoms with E-state index < -0.39 is 0 Å². The number of nitriles is 1. The van der Waals surface area contributed by atoms with Gasteiger partial charge in [-0.1, -0.05) is 13.8 Å². The number of anilines is 1. The van der Waals surface area contributed by atoms with Crippen molar-refractivity contribution in [2.45, 2.75) is 13.8 Å². The number of aromatic nitrogens is 2. The van der Waals surface area contributed by atoms with Crippen molar-refractivity contribution in [2.24, 2.45) is 5.92 Å². The molecule has 0 saturated carbocycles. The molecule has 0 bridgehead atoms. The first-order chi connectivity index (χ1) is 13.0. The minimum atomic E-state index is 0.178. The molecule has 7 nitrogen and oxygen atoms in total. The molecule has 1 aliphatic rings. The van der Waals surface area contributed by atoms with Gasteiger partial charge in [0.25, 0.3) is 0 Å². The molecule has 0 atom stereocenters. The van der Waals surface area contributed by atoms with Crippen molar-refractivity contribution < 1.29 is 4.74 Å². The van der Waals surface area contributed by atoms with Crippen molar-refractivity contribution in [2.75, 3.05) is 58.2 Å². The number of ether oxygens (including phenoxy) is 1. The molecule has 3 rings (SSSR count). The van der Waals surface area contributed by atoms with Crippen LogP contribution in [0.1, 0.15) is 19.7 Å². The number of hydrogen-bond donors (Lipinski definition) is 1. The molecule has 0 radical (unpaired) electrons. The first-order valence-corrected chi connectivity index (χ1v) is 9.54. The lowest BCUT2D eigenvalue weighted by Crippen LogP contribution is -2.45. The highest BCUT2D eigenvalue weighted by Crippen LogP contribution is 2.25. The molecule has 0 aliphatic carbocycles. The minimum absolute atomic E-state index is 0.178. The van der Waals surface area contributed by atoms with Crippen LogP contribution in [0, 0.1) is 17.2 Å². The molecule has 1 aromatic heterocycles. The van der Waals surface area contributed by atoms with Crippen molar-refractivity contribution in [1.82, 2.24) is 19.8 Å². The first kappa shape index (κ1) is 19.3. The average molecular weight is 368 g/mol. The fourth-order valence-electron chi connectivity index (χ4n) is 3.05. The predicted octanol–water partition coefficient (Wildman–Crippen LogP) is 2.20. The zero-order valence-electron chi connectivity index (χ0n) is 16.4. The number of likely N-dealkylation sites (N-methyl/N-ethyl adjacent to an activating group) is 1. The maximum Gasteiger partial charge on any atom is 0.234 e. The molecule has 1 N–H and O–H groups in total. The van der Waals surface area contributed by atoms with Crippen LogP contribution in [-0.2, 0) is 0 Å². The lowest BCUT2D eigenvalue weighted by molar-refractivity contribution is 0.134. The van der Waals surface area contributed by atoms with E-state index in [9.17, 15) is 5.26 Å². The van der Waals surface area contributed by atoms with Crippen molar-refractivity contribution in [3.8, 4) is 11.8 Å². The van der Waals surface area contributed by atoms with E-state index in [1.54, 1.807) is 0 Å². The molecule has 1 fully saturated rings. The Hall–Kier alpha value is -2.43. The van der Waals surface area contributed by atoms with Gasteiger partial charge < -0.3 is 15.0 Å². The highest BCUT2D eigenvalue weighted by atomic mass is 16.5. The second-order valence-corrected chi connectivity index (χ2v) is 7.45. The van der Waals surface area contributed by atoms with E-state index in [0.29, 0.717) is 18.3 Å². The normalized spacial score (nSPS) is 15.8. The number of benzene rings is 1. The van der Waals surface area contributed by atoms with Crippen LogP contribution in [0.2, 0.25) is 0 Å². The van der Waals surface area contributed by atoms with Gasteiger partial charge in [-0.15, -0.1) is 0 Å². The van der Waals surface area contributed by atoms with Gasteiger partial charge in [0.15, 0.2) is 0 Å². The van der Waals surface area contributed by atoms with Crippen molar-refractivity contribution in [1.29, 1.82) is 5.26 Å². The molecule has 1 aromatic carbocycles. The number of rotatable bonds is 7. The first-order valence-electron chi connectivity index (χ1n) is 9.54. The molecule has 2 heterocycles. The quantitative estimate of drug-likeness (QED) is 0.803. The van der Waals surface area contributed by atoms with Gasteiger partial charge in [0, 0.05) is 44.7 Å². The Balaban J connectivity index is 1.69. The van der Waals surface area contributed by atoms with Gasteiger partial charge in [0.2, 0.25) is 5.82 Å². The van der Waals surface area contributed by atoms with Crippen molar-refractivity contribution in [3.05, 3.63) is 24.0 Å². The fourth-order valence-corrected chi connectivity index (χ4v) is 3.05. The van der Waals surface area contributed by atoms with E-state index >= 15 is 0 Å². The van der Waals surface area contributed by atoms with Crippen LogP contribution < -0.4 is 10.1 Å². The molecular weight excluding hydrogens is 340 g/mol. The average Bonchev–Trinajstić information content (AvgIpc) is 2.67. The maximum atomic E-state index is 9.17. The van der Waals surface area contributed by atoms with Crippen LogP contribution in [0.15, 0.2) is 18.2 Å². The zero-order valence-corrected chi connectivity index (χ0v) is 16.4. The molecule has 1 aliphatic heterocycles. The Morgan fingerprint density at radius 1 is 1.22 bits per heavy atom. The molecule has 0 unspecified atom stereocenters.